The fourth-order valence-corrected chi connectivity index (χ4v) is 8.71. The summed E-state index contributed by atoms with van der Waals surface area (Å²) in [5.41, 5.74) is 15.5. The van der Waals surface area contributed by atoms with Crippen molar-refractivity contribution in [1.29, 1.82) is 5.41 Å². The van der Waals surface area contributed by atoms with Gasteiger partial charge in [-0.15, -0.1) is 0 Å². The number of nitrogens with one attached hydrogen (secondary N) is 2. The van der Waals surface area contributed by atoms with E-state index >= 15 is 0 Å². The number of allylic oxidation sites excluding steroid dienone is 4. The van der Waals surface area contributed by atoms with Gasteiger partial charge in [-0.3, -0.25) is 15.8 Å². The topological polar surface area (TPSA) is 95.1 Å². The number of rotatable bonds is 8. The summed E-state index contributed by atoms with van der Waals surface area (Å²) < 4.78 is 2.31. The number of hydrogen-bond acceptors (Lipinski definition) is 5. The van der Waals surface area contributed by atoms with Gasteiger partial charge >= 0.3 is 0 Å². The largest absolute Gasteiger partial charge is 0.308 e. The van der Waals surface area contributed by atoms with E-state index in [2.05, 4.69) is 95.4 Å². The second kappa shape index (κ2) is 17.7. The van der Waals surface area contributed by atoms with Crippen LogP contribution in [0.2, 0.25) is 0 Å². The maximum atomic E-state index is 9.31. The Bertz CT molecular complexity index is 3520. The molecule has 0 unspecified atom stereocenters. The lowest BCUT2D eigenvalue weighted by Gasteiger charge is -2.28. The third kappa shape index (κ3) is 7.89. The van der Waals surface area contributed by atoms with Gasteiger partial charge < -0.3 is 4.57 Å². The number of para-hydroxylation sites is 2. The first-order chi connectivity index (χ1) is 33.1. The summed E-state index contributed by atoms with van der Waals surface area (Å²) in [6.07, 6.45) is 8.01. The van der Waals surface area contributed by atoms with Crippen LogP contribution in [0.25, 0.3) is 78.4 Å². The lowest BCUT2D eigenvalue weighted by Crippen LogP contribution is -2.40. The van der Waals surface area contributed by atoms with Gasteiger partial charge in [0.15, 0.2) is 29.1 Å². The highest BCUT2D eigenvalue weighted by Gasteiger charge is 2.25. The molecule has 0 bridgehead atoms. The van der Waals surface area contributed by atoms with Crippen molar-refractivity contribution in [3.8, 4) is 51.0 Å². The van der Waals surface area contributed by atoms with E-state index < -0.39 is 0 Å². The molecule has 2 aromatic heterocycles. The molecule has 67 heavy (non-hydrogen) atoms. The van der Waals surface area contributed by atoms with Gasteiger partial charge in [-0.25, -0.2) is 19.9 Å². The van der Waals surface area contributed by atoms with Crippen LogP contribution in [0.1, 0.15) is 16.7 Å². The summed E-state index contributed by atoms with van der Waals surface area (Å²) in [4.78, 5) is 20.3. The zero-order chi connectivity index (χ0) is 45.1. The number of fused-ring (bicyclic) bond motifs is 5. The van der Waals surface area contributed by atoms with E-state index in [1.165, 1.54) is 0 Å². The van der Waals surface area contributed by atoms with Crippen molar-refractivity contribution in [2.24, 2.45) is 4.99 Å². The Morgan fingerprint density at radius 3 is 1.81 bits per heavy atom. The number of benzene rings is 8. The van der Waals surface area contributed by atoms with Gasteiger partial charge in [0.05, 0.1) is 22.4 Å². The Labute approximate surface area is 388 Å². The van der Waals surface area contributed by atoms with Crippen molar-refractivity contribution in [1.82, 2.24) is 24.9 Å². The summed E-state index contributed by atoms with van der Waals surface area (Å²) in [6.45, 7) is 4.66. The molecule has 2 N–H and O–H groups in total. The quantitative estimate of drug-likeness (QED) is 0.117. The number of aromatic nitrogens is 4. The van der Waals surface area contributed by atoms with Crippen molar-refractivity contribution >= 4 is 44.7 Å². The number of anilines is 1. The number of aliphatic imine (C=N–C) groups is 1. The van der Waals surface area contributed by atoms with Gasteiger partial charge in [0.25, 0.3) is 0 Å². The smallest absolute Gasteiger partial charge is 0.166 e. The normalized spacial score (nSPS) is 13.5. The van der Waals surface area contributed by atoms with Crippen molar-refractivity contribution in [2.75, 3.05) is 5.01 Å². The van der Waals surface area contributed by atoms with Crippen LogP contribution in [-0.2, 0) is 0 Å². The molecule has 0 spiro atoms. The fraction of sp³-hybridized carbons (Fsp3) is 0. The number of nitrogens with zero attached hydrogens (tertiary/aromatic N) is 6. The molecule has 0 fully saturated rings. The van der Waals surface area contributed by atoms with E-state index in [1.54, 1.807) is 0 Å². The van der Waals surface area contributed by atoms with Crippen LogP contribution in [0, 0.1) is 5.41 Å². The minimum absolute atomic E-state index is 0.131. The molecule has 0 saturated heterocycles. The van der Waals surface area contributed by atoms with Crippen LogP contribution in [0.4, 0.5) is 5.69 Å². The van der Waals surface area contributed by atoms with Crippen LogP contribution < -0.4 is 10.4 Å². The lowest BCUT2D eigenvalue weighted by molar-refractivity contribution is 0.922. The van der Waals surface area contributed by atoms with E-state index in [0.29, 0.717) is 28.9 Å². The highest BCUT2D eigenvalue weighted by atomic mass is 15.5. The van der Waals surface area contributed by atoms with Gasteiger partial charge in [-0.1, -0.05) is 189 Å². The monoisotopic (exact) mass is 862 g/mol. The van der Waals surface area contributed by atoms with Gasteiger partial charge in [0.1, 0.15) is 0 Å². The van der Waals surface area contributed by atoms with E-state index in [-0.39, 0.29) is 5.84 Å². The average molecular weight is 863 g/mol. The van der Waals surface area contributed by atoms with Gasteiger partial charge in [-0.2, -0.15) is 0 Å². The molecule has 1 aliphatic rings. The zero-order valence-corrected chi connectivity index (χ0v) is 36.3. The van der Waals surface area contributed by atoms with Crippen molar-refractivity contribution in [2.45, 2.75) is 0 Å². The van der Waals surface area contributed by atoms with Crippen LogP contribution in [0.5, 0.6) is 0 Å². The maximum absolute atomic E-state index is 9.31. The molecule has 0 atom stereocenters. The molecule has 0 saturated carbocycles. The highest BCUT2D eigenvalue weighted by Crippen LogP contribution is 2.43. The Morgan fingerprint density at radius 2 is 1.09 bits per heavy atom. The standard InChI is InChI=1S/C59H42N8/c1-40-21-18-19-38-66(65-58(44-28-12-5-13-29-44)61-55(60)46-31-20-30-45(39-46)41-22-6-2-7-23-41)51-36-37-52-54(53(40)51)47-32-14-16-34-49(47)67(52)50-35-17-15-33-48(50)59-63-56(42-24-8-3-9-25-42)62-57(64-59)43-26-10-4-11-27-43/h2-39H,1H2,(H2,60,61,65)/b21-18-,38-19-. The molecule has 11 rings (SSSR count). The summed E-state index contributed by atoms with van der Waals surface area (Å²) in [5, 5.41) is 13.4. The predicted octanol–water partition coefficient (Wildman–Crippen LogP) is 13.5. The van der Waals surface area contributed by atoms with Crippen LogP contribution in [0.15, 0.2) is 242 Å². The van der Waals surface area contributed by atoms with E-state index in [0.717, 1.165) is 77.7 Å². The molecule has 8 heteroatoms. The van der Waals surface area contributed by atoms with Gasteiger partial charge in [0, 0.05) is 50.4 Å². The molecule has 318 valence electrons. The second-order valence-corrected chi connectivity index (χ2v) is 16.1. The molecule has 10 aromatic rings. The lowest BCUT2D eigenvalue weighted by atomic mass is 9.97. The van der Waals surface area contributed by atoms with Crippen molar-refractivity contribution < 1.29 is 0 Å². The van der Waals surface area contributed by atoms with Crippen LogP contribution >= 0.6 is 0 Å². The summed E-state index contributed by atoms with van der Waals surface area (Å²) >= 11 is 0. The minimum atomic E-state index is 0.131. The summed E-state index contributed by atoms with van der Waals surface area (Å²) in [6, 6.07) is 69.3. The summed E-state index contributed by atoms with van der Waals surface area (Å²) in [7, 11) is 0. The summed E-state index contributed by atoms with van der Waals surface area (Å²) in [5.74, 6) is 2.41. The fourth-order valence-electron chi connectivity index (χ4n) is 8.71. The first kappa shape index (κ1) is 40.5. The molecule has 8 nitrogen and oxygen atoms in total. The van der Waals surface area contributed by atoms with E-state index in [9.17, 15) is 5.41 Å². The minimum Gasteiger partial charge on any atom is -0.308 e. The maximum Gasteiger partial charge on any atom is 0.166 e. The predicted molar refractivity (Wildman–Crippen MR) is 275 cm³/mol. The third-order valence-electron chi connectivity index (χ3n) is 11.9. The SMILES string of the molecule is C=C1/C=C\C=C/N(NC(=NC(=N)c2cccc(-c3ccccc3)c2)c2ccccc2)c2ccc3c(c21)c1ccccc1n3-c1ccccc1-c1nc(-c2ccccc2)nc(-c2ccccc2)n1. The zero-order valence-electron chi connectivity index (χ0n) is 36.3. The molecule has 8 aromatic carbocycles. The molecule has 1 aliphatic heterocycles. The van der Waals surface area contributed by atoms with E-state index in [4.69, 9.17) is 19.9 Å². The Kier molecular flexibility index (Phi) is 10.7. The highest BCUT2D eigenvalue weighted by molar-refractivity contribution is 6.17. The van der Waals surface area contributed by atoms with E-state index in [1.807, 2.05) is 157 Å². The second-order valence-electron chi connectivity index (χ2n) is 16.1. The Hall–Kier alpha value is -9.27. The Balaban J connectivity index is 1.06. The first-order valence-electron chi connectivity index (χ1n) is 22.1. The van der Waals surface area contributed by atoms with Crippen molar-refractivity contribution in [3.05, 3.63) is 254 Å². The van der Waals surface area contributed by atoms with Crippen LogP contribution in [0.3, 0.4) is 0 Å². The molecular weight excluding hydrogens is 821 g/mol. The average Bonchev–Trinajstić information content (AvgIpc) is 3.73. The van der Waals surface area contributed by atoms with Gasteiger partial charge in [-0.05, 0) is 59.2 Å². The number of amidine groups is 2. The third-order valence-corrected chi connectivity index (χ3v) is 11.9. The molecular formula is C59H42N8. The molecule has 0 aliphatic carbocycles. The number of hydrazine groups is 1. The van der Waals surface area contributed by atoms with Crippen LogP contribution in [-0.4, -0.2) is 31.2 Å². The molecule has 0 amide bonds. The Morgan fingerprint density at radius 1 is 0.507 bits per heavy atom. The first-order valence-corrected chi connectivity index (χ1v) is 22.1. The molecule has 0 radical (unpaired) electrons. The number of hydrogen-bond donors (Lipinski definition) is 2. The van der Waals surface area contributed by atoms with Gasteiger partial charge in [0.2, 0.25) is 0 Å². The van der Waals surface area contributed by atoms with Crippen molar-refractivity contribution in [3.63, 3.8) is 0 Å². The molecule has 3 heterocycles.